The number of hydrogen-bond acceptors (Lipinski definition) is 5. The Morgan fingerprint density at radius 3 is 2.56 bits per heavy atom. The van der Waals surface area contributed by atoms with Gasteiger partial charge in [0.25, 0.3) is 11.6 Å². The van der Waals surface area contributed by atoms with Gasteiger partial charge < -0.3 is 4.90 Å². The van der Waals surface area contributed by atoms with E-state index >= 15 is 0 Å². The molecule has 0 radical (unpaired) electrons. The van der Waals surface area contributed by atoms with E-state index in [0.717, 1.165) is 6.07 Å². The number of nitro benzene ring substituents is 1. The zero-order chi connectivity index (χ0) is 19.6. The third-order valence-corrected chi connectivity index (χ3v) is 6.67. The smallest absolute Gasteiger partial charge is 0.270 e. The maximum Gasteiger partial charge on any atom is 0.270 e. The average Bonchev–Trinajstić information content (AvgIpc) is 3.09. The molecular formula is C18H17ClN2O5S. The van der Waals surface area contributed by atoms with E-state index in [1.807, 2.05) is 0 Å². The molecule has 1 fully saturated rings. The van der Waals surface area contributed by atoms with Crippen molar-refractivity contribution in [1.82, 2.24) is 4.90 Å². The van der Waals surface area contributed by atoms with Gasteiger partial charge in [0, 0.05) is 24.7 Å². The number of nitro groups is 1. The summed E-state index contributed by atoms with van der Waals surface area (Å²) in [4.78, 5) is 24.8. The third kappa shape index (κ3) is 4.12. The molecule has 0 saturated carbocycles. The van der Waals surface area contributed by atoms with Crippen molar-refractivity contribution in [3.8, 4) is 0 Å². The number of nitrogens with zero attached hydrogens (tertiary/aromatic N) is 2. The molecule has 2 aromatic carbocycles. The van der Waals surface area contributed by atoms with Crippen LogP contribution in [0.3, 0.4) is 0 Å². The fourth-order valence-corrected chi connectivity index (χ4v) is 5.07. The van der Waals surface area contributed by atoms with Gasteiger partial charge in [0.05, 0.1) is 26.2 Å². The van der Waals surface area contributed by atoms with Crippen molar-refractivity contribution in [3.05, 3.63) is 69.2 Å². The standard InChI is InChI=1S/C18H17ClN2O5S/c19-17-11-13(21(23)24)8-9-16(17)18(22)20-10-4-5-14(20)12-27(25,26)15-6-2-1-3-7-15/h1-3,6-9,11,14H,4-5,10,12H2. The quantitative estimate of drug-likeness (QED) is 0.558. The molecule has 3 rings (SSSR count). The molecule has 0 N–H and O–H groups in total. The van der Waals surface area contributed by atoms with E-state index in [-0.39, 0.29) is 26.9 Å². The van der Waals surface area contributed by atoms with Gasteiger partial charge in [-0.05, 0) is 31.0 Å². The van der Waals surface area contributed by atoms with Crippen LogP contribution in [-0.2, 0) is 9.84 Å². The largest absolute Gasteiger partial charge is 0.335 e. The van der Waals surface area contributed by atoms with Crippen LogP contribution < -0.4 is 0 Å². The number of carbonyl (C=O) groups excluding carboxylic acids is 1. The van der Waals surface area contributed by atoms with Gasteiger partial charge in [0.15, 0.2) is 9.84 Å². The van der Waals surface area contributed by atoms with Crippen LogP contribution in [0, 0.1) is 10.1 Å². The predicted molar refractivity (Wildman–Crippen MR) is 101 cm³/mol. The second-order valence-corrected chi connectivity index (χ2v) is 8.75. The highest BCUT2D eigenvalue weighted by atomic mass is 35.5. The first kappa shape index (κ1) is 19.3. The van der Waals surface area contributed by atoms with Crippen LogP contribution in [0.25, 0.3) is 0 Å². The van der Waals surface area contributed by atoms with E-state index < -0.39 is 26.7 Å². The summed E-state index contributed by atoms with van der Waals surface area (Å²) in [5.41, 5.74) is -0.0764. The van der Waals surface area contributed by atoms with E-state index in [1.165, 1.54) is 29.2 Å². The molecule has 0 aromatic heterocycles. The Morgan fingerprint density at radius 1 is 1.22 bits per heavy atom. The number of amides is 1. The van der Waals surface area contributed by atoms with Gasteiger partial charge in [-0.2, -0.15) is 0 Å². The summed E-state index contributed by atoms with van der Waals surface area (Å²) in [5, 5.41) is 10.8. The minimum atomic E-state index is -3.54. The van der Waals surface area contributed by atoms with Crippen LogP contribution in [0.2, 0.25) is 5.02 Å². The van der Waals surface area contributed by atoms with Crippen molar-refractivity contribution in [2.45, 2.75) is 23.8 Å². The van der Waals surface area contributed by atoms with Crippen molar-refractivity contribution in [3.63, 3.8) is 0 Å². The molecule has 1 heterocycles. The van der Waals surface area contributed by atoms with Crippen molar-refractivity contribution in [2.24, 2.45) is 0 Å². The van der Waals surface area contributed by atoms with Gasteiger partial charge in [0.1, 0.15) is 0 Å². The fraction of sp³-hybridized carbons (Fsp3) is 0.278. The summed E-state index contributed by atoms with van der Waals surface area (Å²) in [5.74, 6) is -0.589. The first-order valence-corrected chi connectivity index (χ1v) is 10.4. The highest BCUT2D eigenvalue weighted by Crippen LogP contribution is 2.28. The van der Waals surface area contributed by atoms with Crippen LogP contribution in [0.4, 0.5) is 5.69 Å². The predicted octanol–water partition coefficient (Wildman–Crippen LogP) is 3.33. The van der Waals surface area contributed by atoms with Crippen molar-refractivity contribution >= 4 is 33.0 Å². The van der Waals surface area contributed by atoms with E-state index in [2.05, 4.69) is 0 Å². The minimum absolute atomic E-state index is 0.0224. The lowest BCUT2D eigenvalue weighted by Gasteiger charge is -2.25. The maximum absolute atomic E-state index is 12.9. The second-order valence-electron chi connectivity index (χ2n) is 6.31. The summed E-state index contributed by atoms with van der Waals surface area (Å²) in [6.07, 6.45) is 1.26. The number of non-ortho nitro benzene ring substituents is 1. The highest BCUT2D eigenvalue weighted by Gasteiger charge is 2.34. The van der Waals surface area contributed by atoms with Gasteiger partial charge in [-0.25, -0.2) is 8.42 Å². The Kier molecular flexibility index (Phi) is 5.48. The highest BCUT2D eigenvalue weighted by molar-refractivity contribution is 7.91. The molecule has 1 aliphatic rings. The van der Waals surface area contributed by atoms with Crippen LogP contribution >= 0.6 is 11.6 Å². The lowest BCUT2D eigenvalue weighted by molar-refractivity contribution is -0.384. The summed E-state index contributed by atoms with van der Waals surface area (Å²) < 4.78 is 25.3. The fourth-order valence-electron chi connectivity index (χ4n) is 3.20. The minimum Gasteiger partial charge on any atom is -0.335 e. The number of sulfone groups is 1. The number of rotatable bonds is 5. The number of halogens is 1. The Labute approximate surface area is 161 Å². The molecule has 0 spiro atoms. The molecule has 1 aliphatic heterocycles. The lowest BCUT2D eigenvalue weighted by Crippen LogP contribution is -2.39. The Morgan fingerprint density at radius 2 is 1.93 bits per heavy atom. The number of hydrogen-bond donors (Lipinski definition) is 0. The van der Waals surface area contributed by atoms with Crippen LogP contribution in [0.5, 0.6) is 0 Å². The second kappa shape index (κ2) is 7.66. The molecule has 1 amide bonds. The SMILES string of the molecule is O=C(c1ccc([N+](=O)[O-])cc1Cl)N1CCCC1CS(=O)(=O)c1ccccc1. The molecule has 2 aromatic rings. The lowest BCUT2D eigenvalue weighted by atomic mass is 10.1. The van der Waals surface area contributed by atoms with Gasteiger partial charge in [-0.1, -0.05) is 29.8 Å². The molecular weight excluding hydrogens is 392 g/mol. The molecule has 1 unspecified atom stereocenters. The topological polar surface area (TPSA) is 97.6 Å². The number of benzene rings is 2. The van der Waals surface area contributed by atoms with E-state index in [1.54, 1.807) is 18.2 Å². The molecule has 7 nitrogen and oxygen atoms in total. The van der Waals surface area contributed by atoms with E-state index in [4.69, 9.17) is 11.6 Å². The zero-order valence-corrected chi connectivity index (χ0v) is 15.8. The van der Waals surface area contributed by atoms with Gasteiger partial charge in [-0.3, -0.25) is 14.9 Å². The molecule has 1 saturated heterocycles. The average molecular weight is 409 g/mol. The van der Waals surface area contributed by atoms with E-state index in [9.17, 15) is 23.3 Å². The Hall–Kier alpha value is -2.45. The maximum atomic E-state index is 12.9. The van der Waals surface area contributed by atoms with Crippen molar-refractivity contribution in [1.29, 1.82) is 0 Å². The first-order chi connectivity index (χ1) is 12.8. The van der Waals surface area contributed by atoms with Crippen LogP contribution in [0.1, 0.15) is 23.2 Å². The number of carbonyl (C=O) groups is 1. The molecule has 1 atom stereocenters. The molecule has 142 valence electrons. The first-order valence-electron chi connectivity index (χ1n) is 8.32. The van der Waals surface area contributed by atoms with Crippen molar-refractivity contribution in [2.75, 3.05) is 12.3 Å². The molecule has 27 heavy (non-hydrogen) atoms. The van der Waals surface area contributed by atoms with Crippen LogP contribution in [-0.4, -0.2) is 42.5 Å². The zero-order valence-electron chi connectivity index (χ0n) is 14.2. The summed E-state index contributed by atoms with van der Waals surface area (Å²) in [6, 6.07) is 11.3. The number of likely N-dealkylation sites (tertiary alicyclic amines) is 1. The van der Waals surface area contributed by atoms with Gasteiger partial charge in [0.2, 0.25) is 0 Å². The van der Waals surface area contributed by atoms with E-state index in [0.29, 0.717) is 19.4 Å². The summed E-state index contributed by atoms with van der Waals surface area (Å²) >= 11 is 6.05. The summed E-state index contributed by atoms with van der Waals surface area (Å²) in [7, 11) is -3.54. The molecule has 9 heteroatoms. The monoisotopic (exact) mass is 408 g/mol. The summed E-state index contributed by atoms with van der Waals surface area (Å²) in [6.45, 7) is 0.418. The molecule has 0 aliphatic carbocycles. The molecule has 0 bridgehead atoms. The Balaban J connectivity index is 1.82. The van der Waals surface area contributed by atoms with Gasteiger partial charge in [-0.15, -0.1) is 0 Å². The van der Waals surface area contributed by atoms with Gasteiger partial charge >= 0.3 is 0 Å². The Bertz CT molecular complexity index is 979. The normalized spacial score (nSPS) is 17.1. The van der Waals surface area contributed by atoms with Crippen LogP contribution in [0.15, 0.2) is 53.4 Å². The third-order valence-electron chi connectivity index (χ3n) is 4.55. The van der Waals surface area contributed by atoms with Crippen molar-refractivity contribution < 1.29 is 18.1 Å².